The van der Waals surface area contributed by atoms with E-state index in [-0.39, 0.29) is 6.61 Å². The zero-order valence-electron chi connectivity index (χ0n) is 10.4. The first-order chi connectivity index (χ1) is 9.20. The van der Waals surface area contributed by atoms with Gasteiger partial charge in [-0.05, 0) is 42.1 Å². The van der Waals surface area contributed by atoms with Crippen LogP contribution in [0, 0.1) is 0 Å². The van der Waals surface area contributed by atoms with Crippen molar-refractivity contribution >= 4 is 28.9 Å². The molecule has 0 fully saturated rings. The van der Waals surface area contributed by atoms with Gasteiger partial charge in [0.1, 0.15) is 5.75 Å². The highest BCUT2D eigenvalue weighted by Gasteiger charge is 2.08. The minimum absolute atomic E-state index is 0.133. The van der Waals surface area contributed by atoms with Gasteiger partial charge in [-0.3, -0.25) is 0 Å². The largest absolute Gasteiger partial charge is 0.480 e. The van der Waals surface area contributed by atoms with Gasteiger partial charge < -0.3 is 9.47 Å². The standard InChI is InChI=1S/C14H13ClO3S/c1-2-17-14(16)9-18-12-6-5-10(8-11(12)15)13-4-3-7-19-13/h3-8H,2,9H2,1H3. The smallest absolute Gasteiger partial charge is 0.344 e. The number of carbonyl (C=O) groups is 1. The average molecular weight is 297 g/mol. The van der Waals surface area contributed by atoms with Crippen LogP contribution in [0.4, 0.5) is 0 Å². The zero-order chi connectivity index (χ0) is 13.7. The van der Waals surface area contributed by atoms with Crippen molar-refractivity contribution in [3.63, 3.8) is 0 Å². The average Bonchev–Trinajstić information content (AvgIpc) is 2.91. The second-order valence-electron chi connectivity index (χ2n) is 3.72. The summed E-state index contributed by atoms with van der Waals surface area (Å²) >= 11 is 7.78. The quantitative estimate of drug-likeness (QED) is 0.782. The summed E-state index contributed by atoms with van der Waals surface area (Å²) in [6.07, 6.45) is 0. The maximum Gasteiger partial charge on any atom is 0.344 e. The molecule has 0 amide bonds. The molecule has 100 valence electrons. The normalized spacial score (nSPS) is 10.2. The Hall–Kier alpha value is -1.52. The third-order valence-electron chi connectivity index (χ3n) is 2.39. The molecular formula is C14H13ClO3S. The van der Waals surface area contributed by atoms with Gasteiger partial charge in [-0.2, -0.15) is 0 Å². The van der Waals surface area contributed by atoms with Crippen molar-refractivity contribution in [1.29, 1.82) is 0 Å². The Morgan fingerprint density at radius 1 is 1.37 bits per heavy atom. The Labute approximate surface area is 120 Å². The maximum absolute atomic E-state index is 11.2. The van der Waals surface area contributed by atoms with Crippen molar-refractivity contribution in [3.8, 4) is 16.2 Å². The van der Waals surface area contributed by atoms with Crippen molar-refractivity contribution in [2.24, 2.45) is 0 Å². The molecule has 2 aromatic rings. The van der Waals surface area contributed by atoms with E-state index in [4.69, 9.17) is 21.1 Å². The molecule has 19 heavy (non-hydrogen) atoms. The topological polar surface area (TPSA) is 35.5 Å². The van der Waals surface area contributed by atoms with Gasteiger partial charge in [-0.15, -0.1) is 11.3 Å². The van der Waals surface area contributed by atoms with Crippen LogP contribution in [-0.4, -0.2) is 19.2 Å². The summed E-state index contributed by atoms with van der Waals surface area (Å²) in [6.45, 7) is 1.96. The lowest BCUT2D eigenvalue weighted by atomic mass is 10.2. The number of hydrogen-bond donors (Lipinski definition) is 0. The first-order valence-electron chi connectivity index (χ1n) is 5.82. The molecule has 0 radical (unpaired) electrons. The fraction of sp³-hybridized carbons (Fsp3) is 0.214. The molecule has 0 N–H and O–H groups in total. The van der Waals surface area contributed by atoms with E-state index in [9.17, 15) is 4.79 Å². The predicted octanol–water partition coefficient (Wildman–Crippen LogP) is 4.01. The van der Waals surface area contributed by atoms with Crippen LogP contribution in [0.5, 0.6) is 5.75 Å². The van der Waals surface area contributed by atoms with Gasteiger partial charge in [-0.1, -0.05) is 17.7 Å². The Bertz CT molecular complexity index is 552. The summed E-state index contributed by atoms with van der Waals surface area (Å²) in [6, 6.07) is 9.51. The number of ether oxygens (including phenoxy) is 2. The van der Waals surface area contributed by atoms with E-state index >= 15 is 0 Å². The molecule has 0 aliphatic rings. The third kappa shape index (κ3) is 3.72. The second-order valence-corrected chi connectivity index (χ2v) is 5.07. The van der Waals surface area contributed by atoms with Gasteiger partial charge in [0.05, 0.1) is 11.6 Å². The molecule has 0 aliphatic carbocycles. The van der Waals surface area contributed by atoms with E-state index in [1.54, 1.807) is 24.3 Å². The summed E-state index contributed by atoms with van der Waals surface area (Å²) in [5.41, 5.74) is 1.03. The van der Waals surface area contributed by atoms with E-state index in [0.717, 1.165) is 10.4 Å². The van der Waals surface area contributed by atoms with Gasteiger partial charge in [0, 0.05) is 4.88 Å². The SMILES string of the molecule is CCOC(=O)COc1ccc(-c2cccs2)cc1Cl. The van der Waals surface area contributed by atoms with Gasteiger partial charge >= 0.3 is 5.97 Å². The summed E-state index contributed by atoms with van der Waals surface area (Å²) in [4.78, 5) is 12.3. The molecule has 0 unspecified atom stereocenters. The fourth-order valence-electron chi connectivity index (χ4n) is 1.55. The highest BCUT2D eigenvalue weighted by molar-refractivity contribution is 7.13. The number of thiophene rings is 1. The molecule has 0 atom stereocenters. The van der Waals surface area contributed by atoms with E-state index in [2.05, 4.69) is 0 Å². The Kier molecular flexibility index (Phi) is 4.82. The van der Waals surface area contributed by atoms with Crippen molar-refractivity contribution in [1.82, 2.24) is 0 Å². The van der Waals surface area contributed by atoms with Crippen molar-refractivity contribution in [2.75, 3.05) is 13.2 Å². The highest BCUT2D eigenvalue weighted by Crippen LogP contribution is 2.32. The summed E-state index contributed by atoms with van der Waals surface area (Å²) < 4.78 is 10.1. The molecule has 1 heterocycles. The Morgan fingerprint density at radius 2 is 2.21 bits per heavy atom. The molecule has 0 aliphatic heterocycles. The first kappa shape index (κ1) is 13.9. The molecule has 3 nitrogen and oxygen atoms in total. The van der Waals surface area contributed by atoms with Crippen LogP contribution in [-0.2, 0) is 9.53 Å². The lowest BCUT2D eigenvalue weighted by Gasteiger charge is -2.08. The van der Waals surface area contributed by atoms with Crippen molar-refractivity contribution < 1.29 is 14.3 Å². The predicted molar refractivity (Wildman–Crippen MR) is 76.9 cm³/mol. The molecule has 2 rings (SSSR count). The van der Waals surface area contributed by atoms with Gasteiger partial charge in [-0.25, -0.2) is 4.79 Å². The fourth-order valence-corrected chi connectivity index (χ4v) is 2.51. The Morgan fingerprint density at radius 3 is 2.84 bits per heavy atom. The van der Waals surface area contributed by atoms with Gasteiger partial charge in [0.2, 0.25) is 0 Å². The van der Waals surface area contributed by atoms with E-state index in [0.29, 0.717) is 17.4 Å². The number of hydrogen-bond acceptors (Lipinski definition) is 4. The summed E-state index contributed by atoms with van der Waals surface area (Å²) in [5.74, 6) is 0.0796. The van der Waals surface area contributed by atoms with Crippen LogP contribution in [0.15, 0.2) is 35.7 Å². The molecule has 1 aromatic heterocycles. The van der Waals surface area contributed by atoms with Gasteiger partial charge in [0.15, 0.2) is 6.61 Å². The van der Waals surface area contributed by atoms with Crippen LogP contribution >= 0.6 is 22.9 Å². The van der Waals surface area contributed by atoms with Crippen molar-refractivity contribution in [3.05, 3.63) is 40.7 Å². The summed E-state index contributed by atoms with van der Waals surface area (Å²) in [5, 5.41) is 2.49. The van der Waals surface area contributed by atoms with E-state index in [1.807, 2.05) is 29.6 Å². The van der Waals surface area contributed by atoms with E-state index < -0.39 is 5.97 Å². The number of benzene rings is 1. The number of carbonyl (C=O) groups excluding carboxylic acids is 1. The zero-order valence-corrected chi connectivity index (χ0v) is 12.0. The first-order valence-corrected chi connectivity index (χ1v) is 7.08. The molecule has 0 bridgehead atoms. The molecular weight excluding hydrogens is 284 g/mol. The molecule has 1 aromatic carbocycles. The van der Waals surface area contributed by atoms with E-state index in [1.165, 1.54) is 0 Å². The minimum atomic E-state index is -0.402. The van der Waals surface area contributed by atoms with Crippen LogP contribution in [0.3, 0.4) is 0 Å². The van der Waals surface area contributed by atoms with Crippen LogP contribution < -0.4 is 4.74 Å². The monoisotopic (exact) mass is 296 g/mol. The lowest BCUT2D eigenvalue weighted by Crippen LogP contribution is -2.14. The summed E-state index contributed by atoms with van der Waals surface area (Å²) in [7, 11) is 0. The van der Waals surface area contributed by atoms with Gasteiger partial charge in [0.25, 0.3) is 0 Å². The highest BCUT2D eigenvalue weighted by atomic mass is 35.5. The number of halogens is 1. The second kappa shape index (κ2) is 6.59. The maximum atomic E-state index is 11.2. The van der Waals surface area contributed by atoms with Crippen molar-refractivity contribution in [2.45, 2.75) is 6.92 Å². The molecule has 0 spiro atoms. The van der Waals surface area contributed by atoms with Crippen LogP contribution in [0.2, 0.25) is 5.02 Å². The number of esters is 1. The minimum Gasteiger partial charge on any atom is -0.480 e. The van der Waals surface area contributed by atoms with Crippen LogP contribution in [0.1, 0.15) is 6.92 Å². The molecule has 5 heteroatoms. The molecule has 0 saturated carbocycles. The lowest BCUT2D eigenvalue weighted by molar-refractivity contribution is -0.145. The third-order valence-corrected chi connectivity index (χ3v) is 3.60. The number of rotatable bonds is 5. The molecule has 0 saturated heterocycles. The Balaban J connectivity index is 2.05. The van der Waals surface area contributed by atoms with Crippen LogP contribution in [0.25, 0.3) is 10.4 Å².